The van der Waals surface area contributed by atoms with Gasteiger partial charge in [0.25, 0.3) is 0 Å². The fourth-order valence-corrected chi connectivity index (χ4v) is 1.89. The molecular weight excluding hydrogens is 208 g/mol. The van der Waals surface area contributed by atoms with Crippen molar-refractivity contribution in [2.45, 2.75) is 13.8 Å². The Labute approximate surface area is 102 Å². The minimum atomic E-state index is 0.315. The summed E-state index contributed by atoms with van der Waals surface area (Å²) in [6, 6.07) is 13.6. The lowest BCUT2D eigenvalue weighted by atomic mass is 10.0. The van der Waals surface area contributed by atoms with E-state index < -0.39 is 0 Å². The van der Waals surface area contributed by atoms with Gasteiger partial charge in [0, 0.05) is 5.56 Å². The van der Waals surface area contributed by atoms with Gasteiger partial charge in [-0.1, -0.05) is 48.6 Å². The average Bonchev–Trinajstić information content (AvgIpc) is 2.30. The SMILES string of the molecule is Cc1cccc(C)c1/C=C/c1ccccc1O. The number of hydrogen-bond acceptors (Lipinski definition) is 1. The van der Waals surface area contributed by atoms with Gasteiger partial charge in [0.1, 0.15) is 5.75 Å². The lowest BCUT2D eigenvalue weighted by Gasteiger charge is -2.04. The van der Waals surface area contributed by atoms with Gasteiger partial charge in [0.05, 0.1) is 0 Å². The van der Waals surface area contributed by atoms with E-state index in [9.17, 15) is 5.11 Å². The van der Waals surface area contributed by atoms with E-state index in [-0.39, 0.29) is 0 Å². The molecule has 0 aliphatic heterocycles. The number of hydrogen-bond donors (Lipinski definition) is 1. The molecule has 1 heteroatoms. The van der Waals surface area contributed by atoms with Crippen LogP contribution in [0, 0.1) is 13.8 Å². The Morgan fingerprint density at radius 1 is 0.824 bits per heavy atom. The summed E-state index contributed by atoms with van der Waals surface area (Å²) in [5.41, 5.74) is 4.55. The molecule has 0 aromatic heterocycles. The highest BCUT2D eigenvalue weighted by molar-refractivity contribution is 5.74. The maximum atomic E-state index is 9.68. The fourth-order valence-electron chi connectivity index (χ4n) is 1.89. The molecule has 0 fully saturated rings. The summed E-state index contributed by atoms with van der Waals surface area (Å²) in [5, 5.41) is 9.68. The summed E-state index contributed by atoms with van der Waals surface area (Å²) < 4.78 is 0. The van der Waals surface area contributed by atoms with Gasteiger partial charge in [-0.25, -0.2) is 0 Å². The van der Waals surface area contributed by atoms with Gasteiger partial charge in [0.2, 0.25) is 0 Å². The number of rotatable bonds is 2. The van der Waals surface area contributed by atoms with E-state index in [1.807, 2.05) is 24.3 Å². The van der Waals surface area contributed by atoms with Crippen molar-refractivity contribution < 1.29 is 5.11 Å². The van der Waals surface area contributed by atoms with Crippen LogP contribution in [0.2, 0.25) is 0 Å². The first-order valence-electron chi connectivity index (χ1n) is 5.71. The number of para-hydroxylation sites is 1. The Morgan fingerprint density at radius 2 is 1.47 bits per heavy atom. The van der Waals surface area contributed by atoms with Crippen molar-refractivity contribution >= 4 is 12.2 Å². The zero-order valence-corrected chi connectivity index (χ0v) is 10.1. The highest BCUT2D eigenvalue weighted by atomic mass is 16.3. The summed E-state index contributed by atoms with van der Waals surface area (Å²) in [4.78, 5) is 0. The quantitative estimate of drug-likeness (QED) is 0.759. The van der Waals surface area contributed by atoms with Crippen LogP contribution in [0.5, 0.6) is 5.75 Å². The molecular formula is C16H16O. The molecule has 2 aromatic carbocycles. The van der Waals surface area contributed by atoms with Crippen LogP contribution in [0.4, 0.5) is 0 Å². The second-order valence-corrected chi connectivity index (χ2v) is 4.20. The van der Waals surface area contributed by atoms with Crippen molar-refractivity contribution in [3.63, 3.8) is 0 Å². The van der Waals surface area contributed by atoms with Crippen LogP contribution in [0.3, 0.4) is 0 Å². The molecule has 1 nitrogen and oxygen atoms in total. The van der Waals surface area contributed by atoms with E-state index >= 15 is 0 Å². The maximum Gasteiger partial charge on any atom is 0.122 e. The van der Waals surface area contributed by atoms with Crippen molar-refractivity contribution in [2.24, 2.45) is 0 Å². The van der Waals surface area contributed by atoms with E-state index in [1.54, 1.807) is 6.07 Å². The van der Waals surface area contributed by atoms with Crippen molar-refractivity contribution in [2.75, 3.05) is 0 Å². The Balaban J connectivity index is 2.36. The molecule has 0 radical (unpaired) electrons. The van der Waals surface area contributed by atoms with Crippen molar-refractivity contribution in [1.82, 2.24) is 0 Å². The van der Waals surface area contributed by atoms with E-state index in [4.69, 9.17) is 0 Å². The highest BCUT2D eigenvalue weighted by Gasteiger charge is 1.98. The van der Waals surface area contributed by atoms with Crippen LogP contribution < -0.4 is 0 Å². The first-order chi connectivity index (χ1) is 8.18. The first kappa shape index (κ1) is 11.5. The van der Waals surface area contributed by atoms with Gasteiger partial charge >= 0.3 is 0 Å². The van der Waals surface area contributed by atoms with Gasteiger partial charge in [-0.05, 0) is 36.6 Å². The van der Waals surface area contributed by atoms with Crippen LogP contribution in [0.15, 0.2) is 42.5 Å². The third-order valence-electron chi connectivity index (χ3n) is 2.91. The van der Waals surface area contributed by atoms with Crippen LogP contribution in [-0.4, -0.2) is 5.11 Å². The van der Waals surface area contributed by atoms with Crippen LogP contribution >= 0.6 is 0 Å². The molecule has 1 N–H and O–H groups in total. The summed E-state index contributed by atoms with van der Waals surface area (Å²) in [6.07, 6.45) is 4.00. The molecule has 0 unspecified atom stereocenters. The Bertz CT molecular complexity index is 533. The highest BCUT2D eigenvalue weighted by Crippen LogP contribution is 2.21. The zero-order valence-electron chi connectivity index (χ0n) is 10.1. The number of aromatic hydroxyl groups is 1. The minimum Gasteiger partial charge on any atom is -0.507 e. The molecule has 17 heavy (non-hydrogen) atoms. The molecule has 2 aromatic rings. The van der Waals surface area contributed by atoms with Crippen molar-refractivity contribution in [3.8, 4) is 5.75 Å². The predicted molar refractivity (Wildman–Crippen MR) is 73.0 cm³/mol. The zero-order chi connectivity index (χ0) is 12.3. The molecule has 0 bridgehead atoms. The average molecular weight is 224 g/mol. The van der Waals surface area contributed by atoms with Gasteiger partial charge in [-0.15, -0.1) is 0 Å². The molecule has 0 aliphatic carbocycles. The van der Waals surface area contributed by atoms with Crippen molar-refractivity contribution in [1.29, 1.82) is 0 Å². The molecule has 0 saturated carbocycles. The van der Waals surface area contributed by atoms with Crippen LogP contribution in [-0.2, 0) is 0 Å². The molecule has 0 spiro atoms. The molecule has 0 amide bonds. The molecule has 2 rings (SSSR count). The standard InChI is InChI=1S/C16H16O/c1-12-6-5-7-13(2)15(12)11-10-14-8-3-4-9-16(14)17/h3-11,17H,1-2H3/b11-10+. The lowest BCUT2D eigenvalue weighted by Crippen LogP contribution is -1.84. The number of benzene rings is 2. The second kappa shape index (κ2) is 4.88. The predicted octanol–water partition coefficient (Wildman–Crippen LogP) is 4.18. The van der Waals surface area contributed by atoms with Crippen LogP contribution in [0.1, 0.15) is 22.3 Å². The molecule has 0 aliphatic rings. The first-order valence-corrected chi connectivity index (χ1v) is 5.71. The van der Waals surface area contributed by atoms with E-state index in [2.05, 4.69) is 38.1 Å². The number of phenols is 1. The van der Waals surface area contributed by atoms with E-state index in [0.717, 1.165) is 5.56 Å². The van der Waals surface area contributed by atoms with Gasteiger partial charge in [-0.3, -0.25) is 0 Å². The molecule has 0 heterocycles. The van der Waals surface area contributed by atoms with Gasteiger partial charge in [0.15, 0.2) is 0 Å². The smallest absolute Gasteiger partial charge is 0.122 e. The Morgan fingerprint density at radius 3 is 2.12 bits per heavy atom. The minimum absolute atomic E-state index is 0.315. The lowest BCUT2D eigenvalue weighted by molar-refractivity contribution is 0.474. The Kier molecular flexibility index (Phi) is 3.29. The van der Waals surface area contributed by atoms with Gasteiger partial charge in [-0.2, -0.15) is 0 Å². The molecule has 86 valence electrons. The van der Waals surface area contributed by atoms with Gasteiger partial charge < -0.3 is 5.11 Å². The molecule has 0 saturated heterocycles. The summed E-state index contributed by atoms with van der Waals surface area (Å²) in [5.74, 6) is 0.315. The third-order valence-corrected chi connectivity index (χ3v) is 2.91. The topological polar surface area (TPSA) is 20.2 Å². The van der Waals surface area contributed by atoms with E-state index in [1.165, 1.54) is 16.7 Å². The number of phenolic OH excluding ortho intramolecular Hbond substituents is 1. The normalized spacial score (nSPS) is 10.9. The largest absolute Gasteiger partial charge is 0.507 e. The summed E-state index contributed by atoms with van der Waals surface area (Å²) in [6.45, 7) is 4.19. The molecule has 0 atom stereocenters. The number of aryl methyl sites for hydroxylation is 2. The Hall–Kier alpha value is -2.02. The summed E-state index contributed by atoms with van der Waals surface area (Å²) in [7, 11) is 0. The second-order valence-electron chi connectivity index (χ2n) is 4.20. The monoisotopic (exact) mass is 224 g/mol. The van der Waals surface area contributed by atoms with E-state index in [0.29, 0.717) is 5.75 Å². The fraction of sp³-hybridized carbons (Fsp3) is 0.125. The summed E-state index contributed by atoms with van der Waals surface area (Å²) >= 11 is 0. The third kappa shape index (κ3) is 2.56. The van der Waals surface area contributed by atoms with Crippen LogP contribution in [0.25, 0.3) is 12.2 Å². The van der Waals surface area contributed by atoms with Crippen molar-refractivity contribution in [3.05, 3.63) is 64.7 Å². The maximum absolute atomic E-state index is 9.68.